The summed E-state index contributed by atoms with van der Waals surface area (Å²) >= 11 is 0. The minimum Gasteiger partial charge on any atom is -0.491 e. The van der Waals surface area contributed by atoms with Gasteiger partial charge in [-0.1, -0.05) is 56.3 Å². The Kier molecular flexibility index (Phi) is 8.95. The Balaban J connectivity index is 1.38. The first kappa shape index (κ1) is 26.4. The van der Waals surface area contributed by atoms with Gasteiger partial charge in [-0.3, -0.25) is 0 Å². The molecule has 2 heterocycles. The predicted octanol–water partition coefficient (Wildman–Crippen LogP) is 6.11. The first-order valence-corrected chi connectivity index (χ1v) is 13.0. The van der Waals surface area contributed by atoms with Gasteiger partial charge in [0.1, 0.15) is 12.4 Å². The molecule has 2 aromatic heterocycles. The molecule has 4 rings (SSSR count). The second kappa shape index (κ2) is 12.5. The summed E-state index contributed by atoms with van der Waals surface area (Å²) in [6, 6.07) is 12.9. The van der Waals surface area contributed by atoms with Crippen LogP contribution in [-0.2, 0) is 12.8 Å². The lowest BCUT2D eigenvalue weighted by atomic mass is 10.0. The number of aromatic nitrogens is 3. The van der Waals surface area contributed by atoms with Crippen molar-refractivity contribution < 1.29 is 24.3 Å². The SMILES string of the molecule is CCCCCCCCc1ccc(OCC(O)Cc2[nH]c3ccc(C(=O)O)cc3c2-c2nc(C)no2)cc1. The molecule has 3 N–H and O–H groups in total. The smallest absolute Gasteiger partial charge is 0.335 e. The number of rotatable bonds is 14. The number of hydrogen-bond acceptors (Lipinski definition) is 6. The van der Waals surface area contributed by atoms with Crippen LogP contribution in [0.15, 0.2) is 47.0 Å². The van der Waals surface area contributed by atoms with E-state index in [1.807, 2.05) is 12.1 Å². The Morgan fingerprint density at radius 3 is 2.54 bits per heavy atom. The number of nitrogens with one attached hydrogen (secondary N) is 1. The summed E-state index contributed by atoms with van der Waals surface area (Å²) in [7, 11) is 0. The molecule has 0 saturated heterocycles. The third-order valence-corrected chi connectivity index (χ3v) is 6.49. The summed E-state index contributed by atoms with van der Waals surface area (Å²) in [6.45, 7) is 4.05. The summed E-state index contributed by atoms with van der Waals surface area (Å²) in [4.78, 5) is 19.1. The van der Waals surface area contributed by atoms with Crippen molar-refractivity contribution >= 4 is 16.9 Å². The van der Waals surface area contributed by atoms with Gasteiger partial charge in [-0.2, -0.15) is 4.98 Å². The number of aryl methyl sites for hydroxylation is 2. The first-order chi connectivity index (χ1) is 17.9. The van der Waals surface area contributed by atoms with Crippen LogP contribution in [0, 0.1) is 6.92 Å². The highest BCUT2D eigenvalue weighted by atomic mass is 16.5. The minimum absolute atomic E-state index is 0.106. The number of aromatic carboxylic acids is 1. The number of hydrogen-bond donors (Lipinski definition) is 3. The molecular weight excluding hydrogens is 470 g/mol. The van der Waals surface area contributed by atoms with Crippen LogP contribution in [0.1, 0.15) is 72.9 Å². The molecule has 8 heteroatoms. The molecule has 2 aromatic carbocycles. The molecule has 0 aliphatic heterocycles. The number of aliphatic hydroxyl groups is 1. The molecule has 1 atom stereocenters. The Labute approximate surface area is 216 Å². The fourth-order valence-corrected chi connectivity index (χ4v) is 4.53. The molecule has 4 aromatic rings. The van der Waals surface area contributed by atoms with E-state index < -0.39 is 12.1 Å². The Morgan fingerprint density at radius 1 is 1.08 bits per heavy atom. The van der Waals surface area contributed by atoms with Gasteiger partial charge in [-0.15, -0.1) is 0 Å². The zero-order valence-electron chi connectivity index (χ0n) is 21.5. The van der Waals surface area contributed by atoms with Gasteiger partial charge in [0, 0.05) is 23.0 Å². The van der Waals surface area contributed by atoms with Gasteiger partial charge in [0.25, 0.3) is 5.89 Å². The van der Waals surface area contributed by atoms with Crippen LogP contribution < -0.4 is 4.74 Å². The summed E-state index contributed by atoms with van der Waals surface area (Å²) in [5.41, 5.74) is 3.43. The standard InChI is InChI=1S/C29H35N3O5/c1-3-4-5-6-7-8-9-20-10-13-23(14-11-20)36-18-22(33)17-26-27(28-30-19(2)32-37-28)24-16-21(29(34)35)12-15-25(24)31-26/h10-16,22,31,33H,3-9,17-18H2,1-2H3,(H,34,35). The maximum absolute atomic E-state index is 11.5. The predicted molar refractivity (Wildman–Crippen MR) is 142 cm³/mol. The third kappa shape index (κ3) is 6.98. The normalized spacial score (nSPS) is 12.2. The molecule has 0 saturated carbocycles. The Hall–Kier alpha value is -3.65. The van der Waals surface area contributed by atoms with Crippen LogP contribution in [0.25, 0.3) is 22.4 Å². The molecule has 0 radical (unpaired) electrons. The van der Waals surface area contributed by atoms with Crippen LogP contribution >= 0.6 is 0 Å². The molecular formula is C29H35N3O5. The van der Waals surface area contributed by atoms with Crippen molar-refractivity contribution in [3.63, 3.8) is 0 Å². The maximum atomic E-state index is 11.5. The molecule has 0 amide bonds. The highest BCUT2D eigenvalue weighted by molar-refractivity contribution is 6.00. The molecule has 196 valence electrons. The van der Waals surface area contributed by atoms with Crippen molar-refractivity contribution in [2.45, 2.75) is 71.3 Å². The average Bonchev–Trinajstić information content (AvgIpc) is 3.47. The second-order valence-corrected chi connectivity index (χ2v) is 9.52. The van der Waals surface area contributed by atoms with Crippen molar-refractivity contribution in [1.29, 1.82) is 0 Å². The average molecular weight is 506 g/mol. The van der Waals surface area contributed by atoms with Gasteiger partial charge < -0.3 is 24.5 Å². The fourth-order valence-electron chi connectivity index (χ4n) is 4.53. The number of aromatic amines is 1. The second-order valence-electron chi connectivity index (χ2n) is 9.52. The van der Waals surface area contributed by atoms with Gasteiger partial charge in [0.15, 0.2) is 5.82 Å². The number of carboxylic acid groups (broad SMARTS) is 1. The number of fused-ring (bicyclic) bond motifs is 1. The maximum Gasteiger partial charge on any atom is 0.335 e. The molecule has 0 aliphatic rings. The van der Waals surface area contributed by atoms with Crippen LogP contribution in [0.5, 0.6) is 5.75 Å². The molecule has 37 heavy (non-hydrogen) atoms. The Bertz CT molecular complexity index is 1310. The van der Waals surface area contributed by atoms with Crippen molar-refractivity contribution in [3.8, 4) is 17.2 Å². The van der Waals surface area contributed by atoms with Gasteiger partial charge >= 0.3 is 5.97 Å². The summed E-state index contributed by atoms with van der Waals surface area (Å²) in [5, 5.41) is 24.7. The number of unbranched alkanes of at least 4 members (excludes halogenated alkanes) is 5. The number of H-pyrrole nitrogens is 1. The Morgan fingerprint density at radius 2 is 1.84 bits per heavy atom. The van der Waals surface area contributed by atoms with Gasteiger partial charge in [-0.25, -0.2) is 4.79 Å². The van der Waals surface area contributed by atoms with E-state index in [1.54, 1.807) is 19.1 Å². The zero-order valence-corrected chi connectivity index (χ0v) is 21.5. The lowest BCUT2D eigenvalue weighted by Gasteiger charge is -2.13. The van der Waals surface area contributed by atoms with Gasteiger partial charge in [-0.05, 0) is 55.7 Å². The monoisotopic (exact) mass is 505 g/mol. The first-order valence-electron chi connectivity index (χ1n) is 13.0. The number of nitrogens with zero attached hydrogens (tertiary/aromatic N) is 2. The number of benzene rings is 2. The number of ether oxygens (including phenoxy) is 1. The van der Waals surface area contributed by atoms with E-state index in [0.717, 1.165) is 11.9 Å². The van der Waals surface area contributed by atoms with Crippen LogP contribution in [0.2, 0.25) is 0 Å². The van der Waals surface area contributed by atoms with Crippen molar-refractivity contribution in [1.82, 2.24) is 15.1 Å². The van der Waals surface area contributed by atoms with Crippen molar-refractivity contribution in [2.75, 3.05) is 6.61 Å². The van der Waals surface area contributed by atoms with Crippen molar-refractivity contribution in [3.05, 3.63) is 65.1 Å². The highest BCUT2D eigenvalue weighted by Crippen LogP contribution is 2.33. The quantitative estimate of drug-likeness (QED) is 0.177. The van der Waals surface area contributed by atoms with E-state index in [4.69, 9.17) is 9.26 Å². The number of carbonyl (C=O) groups is 1. The molecule has 0 bridgehead atoms. The van der Waals surface area contributed by atoms with Gasteiger partial charge in [0.2, 0.25) is 0 Å². The van der Waals surface area contributed by atoms with E-state index >= 15 is 0 Å². The van der Waals surface area contributed by atoms with E-state index in [2.05, 4.69) is 34.2 Å². The summed E-state index contributed by atoms with van der Waals surface area (Å²) < 4.78 is 11.2. The fraction of sp³-hybridized carbons (Fsp3) is 0.414. The molecule has 0 spiro atoms. The minimum atomic E-state index is -1.02. The molecule has 0 fully saturated rings. The lowest BCUT2D eigenvalue weighted by Crippen LogP contribution is -2.20. The summed E-state index contributed by atoms with van der Waals surface area (Å²) in [5.74, 6) is 0.425. The van der Waals surface area contributed by atoms with E-state index in [0.29, 0.717) is 28.2 Å². The van der Waals surface area contributed by atoms with Crippen LogP contribution in [0.3, 0.4) is 0 Å². The summed E-state index contributed by atoms with van der Waals surface area (Å²) in [6.07, 6.45) is 8.18. The number of aliphatic hydroxyl groups excluding tert-OH is 1. The van der Waals surface area contributed by atoms with Crippen LogP contribution in [-0.4, -0.2) is 44.0 Å². The van der Waals surface area contributed by atoms with E-state index in [-0.39, 0.29) is 24.5 Å². The topological polar surface area (TPSA) is 121 Å². The number of carboxylic acids is 1. The van der Waals surface area contributed by atoms with Crippen LogP contribution in [0.4, 0.5) is 0 Å². The zero-order chi connectivity index (χ0) is 26.2. The third-order valence-electron chi connectivity index (χ3n) is 6.49. The van der Waals surface area contributed by atoms with E-state index in [1.165, 1.54) is 50.2 Å². The molecule has 1 unspecified atom stereocenters. The van der Waals surface area contributed by atoms with E-state index in [9.17, 15) is 15.0 Å². The molecule has 0 aliphatic carbocycles. The largest absolute Gasteiger partial charge is 0.491 e. The highest BCUT2D eigenvalue weighted by Gasteiger charge is 2.22. The van der Waals surface area contributed by atoms with Crippen molar-refractivity contribution in [2.24, 2.45) is 0 Å². The lowest BCUT2D eigenvalue weighted by molar-refractivity contribution is 0.0697. The van der Waals surface area contributed by atoms with Gasteiger partial charge in [0.05, 0.1) is 17.2 Å². The molecule has 8 nitrogen and oxygen atoms in total.